The SMILES string of the molecule is Cc1nnc(SCC(=O)N(C)C[C@@H]2COc3ccccc3O2)n1C. The third-order valence-corrected chi connectivity index (χ3v) is 4.85. The summed E-state index contributed by atoms with van der Waals surface area (Å²) in [6.07, 6.45) is -0.170. The first-order valence-corrected chi connectivity index (χ1v) is 8.64. The highest BCUT2D eigenvalue weighted by atomic mass is 32.2. The number of thioether (sulfide) groups is 1. The Kier molecular flexibility index (Phi) is 4.94. The van der Waals surface area contributed by atoms with Crippen LogP contribution in [0, 0.1) is 6.92 Å². The number of ether oxygens (including phenoxy) is 2. The van der Waals surface area contributed by atoms with Crippen molar-refractivity contribution in [3.63, 3.8) is 0 Å². The number of benzene rings is 1. The Morgan fingerprint density at radius 3 is 2.83 bits per heavy atom. The fourth-order valence-electron chi connectivity index (χ4n) is 2.31. The molecular weight excluding hydrogens is 328 g/mol. The fourth-order valence-corrected chi connectivity index (χ4v) is 3.21. The predicted octanol–water partition coefficient (Wildman–Crippen LogP) is 1.51. The third-order valence-electron chi connectivity index (χ3n) is 3.85. The normalized spacial score (nSPS) is 16.0. The van der Waals surface area contributed by atoms with Gasteiger partial charge in [0.15, 0.2) is 22.8 Å². The van der Waals surface area contributed by atoms with E-state index in [0.717, 1.165) is 22.5 Å². The molecule has 1 aliphatic rings. The number of likely N-dealkylation sites (N-methyl/N-ethyl adjacent to an activating group) is 1. The molecule has 24 heavy (non-hydrogen) atoms. The van der Waals surface area contributed by atoms with Gasteiger partial charge in [0.2, 0.25) is 5.91 Å². The molecule has 0 fully saturated rings. The van der Waals surface area contributed by atoms with Crippen molar-refractivity contribution in [3.8, 4) is 11.5 Å². The Labute approximate surface area is 145 Å². The Morgan fingerprint density at radius 2 is 2.12 bits per heavy atom. The Morgan fingerprint density at radius 1 is 1.38 bits per heavy atom. The second kappa shape index (κ2) is 7.12. The van der Waals surface area contributed by atoms with Crippen molar-refractivity contribution in [1.82, 2.24) is 19.7 Å². The van der Waals surface area contributed by atoms with Crippen LogP contribution in [0.1, 0.15) is 5.82 Å². The Bertz CT molecular complexity index is 734. The van der Waals surface area contributed by atoms with Gasteiger partial charge in [-0.05, 0) is 19.1 Å². The largest absolute Gasteiger partial charge is 0.486 e. The average Bonchev–Trinajstić information content (AvgIpc) is 2.91. The molecule has 3 rings (SSSR count). The molecule has 0 N–H and O–H groups in total. The molecule has 0 bridgehead atoms. The highest BCUT2D eigenvalue weighted by Gasteiger charge is 2.24. The molecule has 0 radical (unpaired) electrons. The molecule has 2 aromatic rings. The molecule has 1 aromatic carbocycles. The molecule has 0 saturated carbocycles. The van der Waals surface area contributed by atoms with Gasteiger partial charge in [-0.1, -0.05) is 23.9 Å². The summed E-state index contributed by atoms with van der Waals surface area (Å²) in [5, 5.41) is 8.77. The summed E-state index contributed by atoms with van der Waals surface area (Å²) in [6, 6.07) is 7.55. The summed E-state index contributed by atoms with van der Waals surface area (Å²) in [7, 11) is 3.66. The van der Waals surface area contributed by atoms with E-state index in [1.165, 1.54) is 11.8 Å². The van der Waals surface area contributed by atoms with Gasteiger partial charge in [-0.3, -0.25) is 4.79 Å². The van der Waals surface area contributed by atoms with Crippen molar-refractivity contribution in [2.24, 2.45) is 7.05 Å². The molecule has 0 aliphatic carbocycles. The number of aryl methyl sites for hydroxylation is 1. The molecule has 0 spiro atoms. The van der Waals surface area contributed by atoms with Gasteiger partial charge < -0.3 is 18.9 Å². The van der Waals surface area contributed by atoms with E-state index < -0.39 is 0 Å². The number of carbonyl (C=O) groups excluding carboxylic acids is 1. The van der Waals surface area contributed by atoms with Crippen molar-refractivity contribution < 1.29 is 14.3 Å². The minimum atomic E-state index is -0.170. The summed E-state index contributed by atoms with van der Waals surface area (Å²) in [5.41, 5.74) is 0. The number of rotatable bonds is 5. The molecule has 8 heteroatoms. The van der Waals surface area contributed by atoms with E-state index in [4.69, 9.17) is 9.47 Å². The van der Waals surface area contributed by atoms with E-state index in [0.29, 0.717) is 18.9 Å². The zero-order chi connectivity index (χ0) is 17.1. The lowest BCUT2D eigenvalue weighted by Gasteiger charge is -2.29. The number of hydrogen-bond acceptors (Lipinski definition) is 6. The molecule has 1 atom stereocenters. The molecule has 0 saturated heterocycles. The van der Waals surface area contributed by atoms with Crippen LogP contribution < -0.4 is 9.47 Å². The summed E-state index contributed by atoms with van der Waals surface area (Å²) < 4.78 is 13.4. The second-order valence-corrected chi connectivity index (χ2v) is 6.59. The second-order valence-electron chi connectivity index (χ2n) is 5.65. The van der Waals surface area contributed by atoms with E-state index in [-0.39, 0.29) is 12.0 Å². The number of aromatic nitrogens is 3. The number of carbonyl (C=O) groups is 1. The maximum atomic E-state index is 12.3. The quantitative estimate of drug-likeness (QED) is 0.763. The summed E-state index contributed by atoms with van der Waals surface area (Å²) in [5.74, 6) is 2.62. The van der Waals surface area contributed by atoms with Crippen molar-refractivity contribution >= 4 is 17.7 Å². The van der Waals surface area contributed by atoms with E-state index >= 15 is 0 Å². The van der Waals surface area contributed by atoms with E-state index in [9.17, 15) is 4.79 Å². The molecule has 1 aliphatic heterocycles. The summed E-state index contributed by atoms with van der Waals surface area (Å²) in [6.45, 7) is 2.79. The highest BCUT2D eigenvalue weighted by molar-refractivity contribution is 7.99. The molecule has 7 nitrogen and oxygen atoms in total. The standard InChI is InChI=1S/C16H20N4O3S/c1-11-17-18-16(20(11)3)24-10-15(21)19(2)8-12-9-22-13-6-4-5-7-14(13)23-12/h4-7,12H,8-10H2,1-3H3/t12-/m1/s1. The van der Waals surface area contributed by atoms with Gasteiger partial charge in [-0.2, -0.15) is 0 Å². The maximum absolute atomic E-state index is 12.3. The van der Waals surface area contributed by atoms with Crippen LogP contribution in [0.4, 0.5) is 0 Å². The maximum Gasteiger partial charge on any atom is 0.232 e. The van der Waals surface area contributed by atoms with Crippen LogP contribution >= 0.6 is 11.8 Å². The summed E-state index contributed by atoms with van der Waals surface area (Å²) >= 11 is 1.38. The molecule has 2 heterocycles. The zero-order valence-corrected chi connectivity index (χ0v) is 14.7. The molecule has 1 aromatic heterocycles. The van der Waals surface area contributed by atoms with Crippen molar-refractivity contribution in [2.75, 3.05) is 26.0 Å². The summed E-state index contributed by atoms with van der Waals surface area (Å²) in [4.78, 5) is 14.0. The Balaban J connectivity index is 1.51. The lowest BCUT2D eigenvalue weighted by atomic mass is 10.2. The minimum Gasteiger partial charge on any atom is -0.486 e. The minimum absolute atomic E-state index is 0.0168. The smallest absolute Gasteiger partial charge is 0.232 e. The fraction of sp³-hybridized carbons (Fsp3) is 0.438. The van der Waals surface area contributed by atoms with Crippen molar-refractivity contribution in [3.05, 3.63) is 30.1 Å². The van der Waals surface area contributed by atoms with Crippen LogP contribution in [0.25, 0.3) is 0 Å². The first kappa shape index (κ1) is 16.6. The Hall–Kier alpha value is -2.22. The van der Waals surface area contributed by atoms with Gasteiger partial charge in [0.1, 0.15) is 12.4 Å². The lowest BCUT2D eigenvalue weighted by Crippen LogP contribution is -2.42. The van der Waals surface area contributed by atoms with Gasteiger partial charge in [-0.15, -0.1) is 10.2 Å². The number of nitrogens with zero attached hydrogens (tertiary/aromatic N) is 4. The molecule has 1 amide bonds. The van der Waals surface area contributed by atoms with Gasteiger partial charge in [0.05, 0.1) is 12.3 Å². The molecular formula is C16H20N4O3S. The first-order valence-electron chi connectivity index (χ1n) is 7.66. The van der Waals surface area contributed by atoms with Crippen molar-refractivity contribution in [1.29, 1.82) is 0 Å². The number of para-hydroxylation sites is 2. The van der Waals surface area contributed by atoms with Gasteiger partial charge in [-0.25, -0.2) is 0 Å². The number of fused-ring (bicyclic) bond motifs is 1. The molecule has 0 unspecified atom stereocenters. The monoisotopic (exact) mass is 348 g/mol. The van der Waals surface area contributed by atoms with E-state index in [1.54, 1.807) is 11.9 Å². The van der Waals surface area contributed by atoms with Crippen LogP contribution in [-0.2, 0) is 11.8 Å². The van der Waals surface area contributed by atoms with Crippen LogP contribution in [0.15, 0.2) is 29.4 Å². The van der Waals surface area contributed by atoms with Crippen LogP contribution in [-0.4, -0.2) is 57.6 Å². The highest BCUT2D eigenvalue weighted by Crippen LogP contribution is 2.31. The van der Waals surface area contributed by atoms with Gasteiger partial charge in [0.25, 0.3) is 0 Å². The lowest BCUT2D eigenvalue weighted by molar-refractivity contribution is -0.128. The van der Waals surface area contributed by atoms with Gasteiger partial charge in [0, 0.05) is 14.1 Å². The van der Waals surface area contributed by atoms with Crippen molar-refractivity contribution in [2.45, 2.75) is 18.2 Å². The zero-order valence-electron chi connectivity index (χ0n) is 13.9. The molecule has 128 valence electrons. The van der Waals surface area contributed by atoms with Crippen LogP contribution in [0.5, 0.6) is 11.5 Å². The average molecular weight is 348 g/mol. The van der Waals surface area contributed by atoms with Crippen LogP contribution in [0.2, 0.25) is 0 Å². The number of amides is 1. The van der Waals surface area contributed by atoms with Crippen LogP contribution in [0.3, 0.4) is 0 Å². The van der Waals surface area contributed by atoms with E-state index in [2.05, 4.69) is 10.2 Å². The third kappa shape index (κ3) is 3.64. The van der Waals surface area contributed by atoms with E-state index in [1.807, 2.05) is 42.8 Å². The predicted molar refractivity (Wildman–Crippen MR) is 90.5 cm³/mol. The van der Waals surface area contributed by atoms with Gasteiger partial charge >= 0.3 is 0 Å². The number of hydrogen-bond donors (Lipinski definition) is 0. The first-order chi connectivity index (χ1) is 11.5. The topological polar surface area (TPSA) is 69.5 Å².